The highest BCUT2D eigenvalue weighted by atomic mass is 32.3. The molecule has 0 aliphatic carbocycles. The molecule has 146 valence electrons. The zero-order valence-corrected chi connectivity index (χ0v) is 17.8. The van der Waals surface area contributed by atoms with Crippen LogP contribution in [0.3, 0.4) is 0 Å². The molecule has 0 amide bonds. The van der Waals surface area contributed by atoms with E-state index in [0.717, 1.165) is 15.9 Å². The van der Waals surface area contributed by atoms with Crippen LogP contribution >= 0.6 is 18.4 Å². The molecule has 6 heteroatoms. The van der Waals surface area contributed by atoms with E-state index in [-0.39, 0.29) is 0 Å². The maximum atomic E-state index is 11.2. The molecule has 1 saturated heterocycles. The zero-order chi connectivity index (χ0) is 19.8. The molecule has 4 nitrogen and oxygen atoms in total. The molecule has 3 N–H and O–H groups in total. The lowest BCUT2D eigenvalue weighted by Gasteiger charge is -2.42. The first-order valence-corrected chi connectivity index (χ1v) is 12.5. The molecule has 1 aliphatic heterocycles. The van der Waals surface area contributed by atoms with Gasteiger partial charge in [-0.15, -0.1) is 0 Å². The molecule has 4 rings (SSSR count). The predicted octanol–water partition coefficient (Wildman–Crippen LogP) is 4.16. The predicted molar refractivity (Wildman–Crippen MR) is 122 cm³/mol. The van der Waals surface area contributed by atoms with Crippen LogP contribution < -0.4 is 20.6 Å². The van der Waals surface area contributed by atoms with Gasteiger partial charge in [-0.05, 0) is 65.3 Å². The Kier molecular flexibility index (Phi) is 5.09. The number of nitrogens with one attached hydrogen (secondary N) is 1. The molecule has 0 bridgehead atoms. The van der Waals surface area contributed by atoms with Crippen LogP contribution in [0.1, 0.15) is 13.8 Å². The molecule has 0 unspecified atom stereocenters. The first-order valence-electron chi connectivity index (χ1n) is 9.27. The molecule has 0 saturated carbocycles. The van der Waals surface area contributed by atoms with Gasteiger partial charge in [0.05, 0.1) is 12.1 Å². The average Bonchev–Trinajstić information content (AvgIpc) is 2.92. The third-order valence-corrected chi connectivity index (χ3v) is 11.9. The van der Waals surface area contributed by atoms with Crippen molar-refractivity contribution in [3.8, 4) is 0 Å². The van der Waals surface area contributed by atoms with Gasteiger partial charge in [0.15, 0.2) is 0 Å². The van der Waals surface area contributed by atoms with Gasteiger partial charge in [-0.25, -0.2) is 0 Å². The van der Waals surface area contributed by atoms with Crippen molar-refractivity contribution in [3.05, 3.63) is 91.0 Å². The van der Waals surface area contributed by atoms with Gasteiger partial charge >= 0.3 is 0 Å². The summed E-state index contributed by atoms with van der Waals surface area (Å²) in [5.74, 6) is 0. The van der Waals surface area contributed by atoms with E-state index >= 15 is 0 Å². The molecule has 0 radical (unpaired) electrons. The largest absolute Gasteiger partial charge is 0.270 e. The Labute approximate surface area is 169 Å². The summed E-state index contributed by atoms with van der Waals surface area (Å²) in [6.45, 7) is 4.55. The van der Waals surface area contributed by atoms with E-state index in [4.69, 9.17) is 0 Å². The van der Waals surface area contributed by atoms with Crippen LogP contribution in [0.15, 0.2) is 91.0 Å². The van der Waals surface area contributed by atoms with Gasteiger partial charge in [0, 0.05) is 0 Å². The van der Waals surface area contributed by atoms with Crippen molar-refractivity contribution in [2.75, 3.05) is 6.54 Å². The second-order valence-electron chi connectivity index (χ2n) is 7.66. The van der Waals surface area contributed by atoms with Crippen LogP contribution in [0.2, 0.25) is 0 Å². The summed E-state index contributed by atoms with van der Waals surface area (Å²) in [5.41, 5.74) is -0.414. The molecule has 0 atom stereocenters. The fraction of sp³-hybridized carbons (Fsp3) is 0.182. The van der Waals surface area contributed by atoms with Crippen LogP contribution in [0.25, 0.3) is 0 Å². The van der Waals surface area contributed by atoms with Crippen LogP contribution in [-0.4, -0.2) is 25.3 Å². The van der Waals surface area contributed by atoms with E-state index in [1.165, 1.54) is 0 Å². The minimum atomic E-state index is -3.16. The molecule has 0 aromatic heterocycles. The fourth-order valence-electron chi connectivity index (χ4n) is 3.93. The highest BCUT2D eigenvalue weighted by molar-refractivity contribution is 8.26. The van der Waals surface area contributed by atoms with Crippen LogP contribution in [-0.2, 0) is 0 Å². The maximum Gasteiger partial charge on any atom is 0.204 e. The van der Waals surface area contributed by atoms with Crippen molar-refractivity contribution in [3.63, 3.8) is 0 Å². The zero-order valence-electron chi connectivity index (χ0n) is 16.1. The number of hydrogen-bond donors (Lipinski definition) is 3. The van der Waals surface area contributed by atoms with E-state index in [2.05, 4.69) is 41.1 Å². The molecule has 0 spiro atoms. The van der Waals surface area contributed by atoms with Crippen molar-refractivity contribution < 1.29 is 9.11 Å². The Bertz CT molecular complexity index is 840. The Morgan fingerprint density at radius 3 is 1.39 bits per heavy atom. The number of nitrogens with zero attached hydrogens (tertiary/aromatic N) is 1. The van der Waals surface area contributed by atoms with E-state index < -0.39 is 23.9 Å². The van der Waals surface area contributed by atoms with Crippen LogP contribution in [0.4, 0.5) is 0 Å². The lowest BCUT2D eigenvalue weighted by Crippen LogP contribution is -2.43. The molecule has 28 heavy (non-hydrogen) atoms. The first kappa shape index (κ1) is 19.6. The smallest absolute Gasteiger partial charge is 0.204 e. The topological polar surface area (TPSA) is 55.7 Å². The van der Waals surface area contributed by atoms with Crippen molar-refractivity contribution in [1.29, 1.82) is 0 Å². The SMILES string of the molecule is CC1(C)CN([P+](c2ccccc2)(c2ccccc2)c2ccccc2)S(O)(O)N1. The van der Waals surface area contributed by atoms with Crippen LogP contribution in [0.5, 0.6) is 0 Å². The number of rotatable bonds is 4. The summed E-state index contributed by atoms with van der Waals surface area (Å²) < 4.78 is 27.4. The van der Waals surface area contributed by atoms with Gasteiger partial charge in [0.25, 0.3) is 0 Å². The lowest BCUT2D eigenvalue weighted by molar-refractivity contribution is 0.447. The minimum absolute atomic E-state index is 0.414. The summed E-state index contributed by atoms with van der Waals surface area (Å²) in [5, 5.41) is 3.31. The third kappa shape index (κ3) is 3.29. The van der Waals surface area contributed by atoms with Gasteiger partial charge in [0.1, 0.15) is 15.9 Å². The van der Waals surface area contributed by atoms with Crippen molar-refractivity contribution in [2.24, 2.45) is 0 Å². The monoisotopic (exact) mass is 413 g/mol. The van der Waals surface area contributed by atoms with Crippen molar-refractivity contribution in [1.82, 2.24) is 8.80 Å². The molecule has 1 fully saturated rings. The normalized spacial score (nSPS) is 20.0. The Hall–Kier alpha value is -1.72. The van der Waals surface area contributed by atoms with Gasteiger partial charge in [-0.2, -0.15) is 4.72 Å². The quantitative estimate of drug-likeness (QED) is 0.562. The summed E-state index contributed by atoms with van der Waals surface area (Å²) in [6, 6.07) is 30.8. The Morgan fingerprint density at radius 2 is 1.11 bits per heavy atom. The lowest BCUT2D eigenvalue weighted by atomic mass is 10.1. The molecule has 1 heterocycles. The maximum absolute atomic E-state index is 11.2. The standard InChI is InChI=1S/C22H25N2O2PS/c1-22(2)18-24(28(25,26)23-22)27(19-12-6-3-7-13-19,20-14-8-4-9-15-20)21-16-10-5-11-17-21/h3-17,23H,18H2,1-2H3,(H-,25,26)/p+1. The van der Waals surface area contributed by atoms with Gasteiger partial charge in [-0.3, -0.25) is 9.11 Å². The second-order valence-corrected chi connectivity index (χ2v) is 12.9. The Balaban J connectivity index is 2.08. The highest BCUT2D eigenvalue weighted by Crippen LogP contribution is 2.70. The first-order chi connectivity index (χ1) is 13.4. The summed E-state index contributed by atoms with van der Waals surface area (Å²) in [7, 11) is -5.66. The summed E-state index contributed by atoms with van der Waals surface area (Å²) in [4.78, 5) is 0. The number of hydrogen-bond acceptors (Lipinski definition) is 4. The molecule has 1 aliphatic rings. The van der Waals surface area contributed by atoms with Crippen molar-refractivity contribution >= 4 is 34.3 Å². The van der Waals surface area contributed by atoms with E-state index in [0.29, 0.717) is 6.54 Å². The summed E-state index contributed by atoms with van der Waals surface area (Å²) >= 11 is 0. The molecular weight excluding hydrogens is 387 g/mol. The molecular formula is C22H26N2O2PS+. The average molecular weight is 414 g/mol. The molecule has 3 aromatic carbocycles. The van der Waals surface area contributed by atoms with Gasteiger partial charge in [-0.1, -0.05) is 54.6 Å². The fourth-order valence-corrected chi connectivity index (χ4v) is 11.7. The van der Waals surface area contributed by atoms with Crippen LogP contribution in [0, 0.1) is 0 Å². The molecule has 3 aromatic rings. The third-order valence-electron chi connectivity index (χ3n) is 4.96. The van der Waals surface area contributed by atoms with E-state index in [1.807, 2.05) is 72.5 Å². The van der Waals surface area contributed by atoms with Crippen molar-refractivity contribution in [2.45, 2.75) is 19.4 Å². The summed E-state index contributed by atoms with van der Waals surface area (Å²) in [6.07, 6.45) is 0. The van der Waals surface area contributed by atoms with E-state index in [1.54, 1.807) is 0 Å². The minimum Gasteiger partial charge on any atom is -0.270 e. The van der Waals surface area contributed by atoms with Gasteiger partial charge in [0.2, 0.25) is 7.41 Å². The van der Waals surface area contributed by atoms with E-state index in [9.17, 15) is 9.11 Å². The number of benzene rings is 3. The Morgan fingerprint density at radius 1 is 0.750 bits per heavy atom. The highest BCUT2D eigenvalue weighted by Gasteiger charge is 2.61. The van der Waals surface area contributed by atoms with Gasteiger partial charge < -0.3 is 0 Å². The second kappa shape index (κ2) is 7.27.